The lowest BCUT2D eigenvalue weighted by molar-refractivity contribution is -0.0113. The lowest BCUT2D eigenvalue weighted by atomic mass is 9.61. The van der Waals surface area contributed by atoms with Crippen molar-refractivity contribution in [3.05, 3.63) is 0 Å². The van der Waals surface area contributed by atoms with Crippen LogP contribution in [0.3, 0.4) is 0 Å². The highest BCUT2D eigenvalue weighted by molar-refractivity contribution is 5.05. The molecule has 3 aliphatic rings. The zero-order valence-corrected chi connectivity index (χ0v) is 11.7. The molecule has 98 valence electrons. The van der Waals surface area contributed by atoms with Gasteiger partial charge in [-0.3, -0.25) is 0 Å². The van der Waals surface area contributed by atoms with Gasteiger partial charge in [0.2, 0.25) is 0 Å². The van der Waals surface area contributed by atoms with Gasteiger partial charge in [0.25, 0.3) is 0 Å². The zero-order chi connectivity index (χ0) is 12.2. The first-order valence-corrected chi connectivity index (χ1v) is 7.70. The molecule has 0 aromatic rings. The van der Waals surface area contributed by atoms with Crippen LogP contribution in [0.1, 0.15) is 59.3 Å². The summed E-state index contributed by atoms with van der Waals surface area (Å²) in [5, 5.41) is 10.3. The van der Waals surface area contributed by atoms with Gasteiger partial charge in [0.15, 0.2) is 0 Å². The smallest absolute Gasteiger partial charge is 0.0571 e. The highest BCUT2D eigenvalue weighted by Gasteiger charge is 2.56. The number of aliphatic hydroxyl groups excluding tert-OH is 1. The van der Waals surface area contributed by atoms with Gasteiger partial charge in [0.1, 0.15) is 0 Å². The summed E-state index contributed by atoms with van der Waals surface area (Å²) < 4.78 is 0. The van der Waals surface area contributed by atoms with Crippen LogP contribution in [0.2, 0.25) is 0 Å². The van der Waals surface area contributed by atoms with Crippen molar-refractivity contribution >= 4 is 0 Å². The van der Waals surface area contributed by atoms with E-state index in [1.165, 1.54) is 32.1 Å². The zero-order valence-electron chi connectivity index (χ0n) is 11.7. The second-order valence-corrected chi connectivity index (χ2v) is 7.62. The summed E-state index contributed by atoms with van der Waals surface area (Å²) in [7, 11) is 0. The van der Waals surface area contributed by atoms with Crippen LogP contribution in [-0.4, -0.2) is 11.2 Å². The third kappa shape index (κ3) is 1.69. The summed E-state index contributed by atoms with van der Waals surface area (Å²) in [4.78, 5) is 0. The number of hydrogen-bond acceptors (Lipinski definition) is 1. The van der Waals surface area contributed by atoms with E-state index in [9.17, 15) is 5.11 Å². The maximum atomic E-state index is 10.3. The van der Waals surface area contributed by atoms with Gasteiger partial charge in [-0.2, -0.15) is 0 Å². The Kier molecular flexibility index (Phi) is 2.81. The minimum Gasteiger partial charge on any atom is -0.393 e. The molecule has 0 heterocycles. The van der Waals surface area contributed by atoms with E-state index < -0.39 is 0 Å². The van der Waals surface area contributed by atoms with Crippen molar-refractivity contribution in [3.63, 3.8) is 0 Å². The average Bonchev–Trinajstić information content (AvgIpc) is 2.80. The van der Waals surface area contributed by atoms with Crippen molar-refractivity contribution in [2.75, 3.05) is 0 Å². The van der Waals surface area contributed by atoms with Crippen LogP contribution in [0.25, 0.3) is 0 Å². The fraction of sp³-hybridized carbons (Fsp3) is 1.00. The van der Waals surface area contributed by atoms with Crippen molar-refractivity contribution in [1.82, 2.24) is 0 Å². The van der Waals surface area contributed by atoms with Crippen LogP contribution in [0.15, 0.2) is 0 Å². The van der Waals surface area contributed by atoms with Gasteiger partial charge in [-0.25, -0.2) is 0 Å². The first-order chi connectivity index (χ1) is 8.01. The SMILES string of the molecule is C[C@@H]1[C@@H]2C[C@@H](C[C@H]2[C@H]2CCCC[C@H]2O)C1(C)C. The third-order valence-corrected chi connectivity index (χ3v) is 6.86. The monoisotopic (exact) mass is 236 g/mol. The summed E-state index contributed by atoms with van der Waals surface area (Å²) in [5.41, 5.74) is 0.556. The van der Waals surface area contributed by atoms with Gasteiger partial charge in [-0.05, 0) is 60.7 Å². The van der Waals surface area contributed by atoms with E-state index in [4.69, 9.17) is 0 Å². The molecule has 3 rings (SSSR count). The van der Waals surface area contributed by atoms with Gasteiger partial charge in [0, 0.05) is 0 Å². The second-order valence-electron chi connectivity index (χ2n) is 7.62. The molecule has 3 saturated carbocycles. The minimum absolute atomic E-state index is 0.0170. The van der Waals surface area contributed by atoms with Gasteiger partial charge >= 0.3 is 0 Å². The van der Waals surface area contributed by atoms with Gasteiger partial charge in [0.05, 0.1) is 6.10 Å². The lowest BCUT2D eigenvalue weighted by Crippen LogP contribution is -2.40. The Balaban J connectivity index is 1.76. The second kappa shape index (κ2) is 3.98. The van der Waals surface area contributed by atoms with Crippen molar-refractivity contribution < 1.29 is 5.11 Å². The molecule has 6 atom stereocenters. The van der Waals surface area contributed by atoms with Crippen LogP contribution >= 0.6 is 0 Å². The highest BCUT2D eigenvalue weighted by atomic mass is 16.3. The molecule has 2 bridgehead atoms. The Morgan fingerprint density at radius 2 is 1.59 bits per heavy atom. The van der Waals surface area contributed by atoms with E-state index in [-0.39, 0.29) is 6.10 Å². The summed E-state index contributed by atoms with van der Waals surface area (Å²) in [6.07, 6.45) is 7.83. The molecule has 0 aromatic heterocycles. The van der Waals surface area contributed by atoms with Crippen LogP contribution in [-0.2, 0) is 0 Å². The molecule has 0 radical (unpaired) electrons. The fourth-order valence-electron chi connectivity index (χ4n) is 5.34. The average molecular weight is 236 g/mol. The molecule has 3 aliphatic carbocycles. The Morgan fingerprint density at radius 3 is 2.18 bits per heavy atom. The summed E-state index contributed by atoms with van der Waals surface area (Å²) in [5.74, 6) is 4.19. The molecule has 0 spiro atoms. The number of aliphatic hydroxyl groups is 1. The maximum Gasteiger partial charge on any atom is 0.0571 e. The normalized spacial score (nSPS) is 52.9. The Hall–Kier alpha value is -0.0400. The van der Waals surface area contributed by atoms with Crippen molar-refractivity contribution in [2.24, 2.45) is 35.0 Å². The fourth-order valence-corrected chi connectivity index (χ4v) is 5.34. The van der Waals surface area contributed by atoms with Gasteiger partial charge < -0.3 is 5.11 Å². The van der Waals surface area contributed by atoms with Crippen LogP contribution in [0.5, 0.6) is 0 Å². The summed E-state index contributed by atoms with van der Waals surface area (Å²) in [6, 6.07) is 0. The number of fused-ring (bicyclic) bond motifs is 2. The van der Waals surface area contributed by atoms with Crippen molar-refractivity contribution in [1.29, 1.82) is 0 Å². The predicted molar refractivity (Wildman–Crippen MR) is 70.6 cm³/mol. The van der Waals surface area contributed by atoms with E-state index in [1.54, 1.807) is 0 Å². The number of hydrogen-bond donors (Lipinski definition) is 1. The van der Waals surface area contributed by atoms with E-state index in [2.05, 4.69) is 20.8 Å². The Morgan fingerprint density at radius 1 is 0.941 bits per heavy atom. The molecular formula is C16H28O. The lowest BCUT2D eigenvalue weighted by Gasteiger charge is -2.44. The Bertz CT molecular complexity index is 292. The van der Waals surface area contributed by atoms with Gasteiger partial charge in [-0.1, -0.05) is 33.6 Å². The van der Waals surface area contributed by atoms with Crippen LogP contribution in [0.4, 0.5) is 0 Å². The summed E-state index contributed by atoms with van der Waals surface area (Å²) >= 11 is 0. The Labute approximate surface area is 106 Å². The van der Waals surface area contributed by atoms with Crippen LogP contribution in [0, 0.1) is 35.0 Å². The molecule has 1 heteroatoms. The van der Waals surface area contributed by atoms with Crippen molar-refractivity contribution in [3.8, 4) is 0 Å². The summed E-state index contributed by atoms with van der Waals surface area (Å²) in [6.45, 7) is 7.40. The van der Waals surface area contributed by atoms with Crippen LogP contribution < -0.4 is 0 Å². The molecule has 0 aliphatic heterocycles. The predicted octanol–water partition coefficient (Wildman–Crippen LogP) is 3.86. The number of rotatable bonds is 1. The molecule has 17 heavy (non-hydrogen) atoms. The van der Waals surface area contributed by atoms with E-state index >= 15 is 0 Å². The standard InChI is InChI=1S/C16H28O/c1-10-13-8-11(16(10,2)3)9-14(13)12-6-4-5-7-15(12)17/h10-15,17H,4-9H2,1-3H3/t10-,11+,12-,13+,14+,15-/m1/s1. The van der Waals surface area contributed by atoms with Crippen molar-refractivity contribution in [2.45, 2.75) is 65.4 Å². The third-order valence-electron chi connectivity index (χ3n) is 6.86. The molecule has 0 amide bonds. The molecule has 0 saturated heterocycles. The molecule has 0 aromatic carbocycles. The van der Waals surface area contributed by atoms with E-state index in [0.29, 0.717) is 11.3 Å². The molecule has 1 nitrogen and oxygen atoms in total. The molecule has 0 unspecified atom stereocenters. The minimum atomic E-state index is 0.0170. The van der Waals surface area contributed by atoms with E-state index in [1.807, 2.05) is 0 Å². The van der Waals surface area contributed by atoms with E-state index in [0.717, 1.165) is 30.1 Å². The highest BCUT2D eigenvalue weighted by Crippen LogP contribution is 2.63. The molecular weight excluding hydrogens is 208 g/mol. The quantitative estimate of drug-likeness (QED) is 0.733. The molecule has 3 fully saturated rings. The largest absolute Gasteiger partial charge is 0.393 e. The topological polar surface area (TPSA) is 20.2 Å². The van der Waals surface area contributed by atoms with Gasteiger partial charge in [-0.15, -0.1) is 0 Å². The first-order valence-electron chi connectivity index (χ1n) is 7.70. The molecule has 1 N–H and O–H groups in total. The maximum absolute atomic E-state index is 10.3. The first kappa shape index (κ1) is 12.0.